The van der Waals surface area contributed by atoms with Gasteiger partial charge in [-0.1, -0.05) is 0 Å². The van der Waals surface area contributed by atoms with Crippen molar-refractivity contribution in [2.75, 3.05) is 19.0 Å². The molecule has 1 amide bonds. The van der Waals surface area contributed by atoms with E-state index in [4.69, 9.17) is 14.2 Å². The number of methoxy groups -OCH3 is 1. The molecule has 0 saturated carbocycles. The van der Waals surface area contributed by atoms with Crippen molar-refractivity contribution in [3.63, 3.8) is 0 Å². The predicted molar refractivity (Wildman–Crippen MR) is 76.6 cm³/mol. The van der Waals surface area contributed by atoms with Crippen LogP contribution in [-0.2, 0) is 9.47 Å². The first-order valence-electron chi connectivity index (χ1n) is 6.49. The van der Waals surface area contributed by atoms with E-state index in [0.717, 1.165) is 0 Å². The molecule has 7 nitrogen and oxygen atoms in total. The van der Waals surface area contributed by atoms with Gasteiger partial charge in [-0.25, -0.2) is 14.6 Å². The highest BCUT2D eigenvalue weighted by atomic mass is 16.6. The fourth-order valence-corrected chi connectivity index (χ4v) is 1.42. The van der Waals surface area contributed by atoms with Gasteiger partial charge in [-0.05, 0) is 33.8 Å². The van der Waals surface area contributed by atoms with Crippen LogP contribution in [0.4, 0.5) is 10.5 Å². The highest BCUT2D eigenvalue weighted by Gasteiger charge is 2.21. The number of nitrogens with zero attached hydrogens (tertiary/aromatic N) is 1. The normalized spacial score (nSPS) is 10.7. The molecule has 116 valence electrons. The molecule has 0 unspecified atom stereocenters. The summed E-state index contributed by atoms with van der Waals surface area (Å²) < 4.78 is 15.0. The molecule has 1 heterocycles. The van der Waals surface area contributed by atoms with E-state index in [9.17, 15) is 9.59 Å². The third-order valence-corrected chi connectivity index (χ3v) is 2.18. The second-order valence-electron chi connectivity index (χ2n) is 5.10. The van der Waals surface area contributed by atoms with Crippen molar-refractivity contribution in [3.05, 3.63) is 17.8 Å². The highest BCUT2D eigenvalue weighted by molar-refractivity contribution is 5.98. The van der Waals surface area contributed by atoms with Gasteiger partial charge in [0.15, 0.2) is 5.69 Å². The lowest BCUT2D eigenvalue weighted by Gasteiger charge is -2.20. The summed E-state index contributed by atoms with van der Waals surface area (Å²) in [5.74, 6) is -0.407. The molecule has 21 heavy (non-hydrogen) atoms. The number of hydrogen-bond acceptors (Lipinski definition) is 6. The smallest absolute Gasteiger partial charge is 0.412 e. The molecule has 0 aliphatic rings. The first kappa shape index (κ1) is 16.7. The largest absolute Gasteiger partial charge is 0.481 e. The number of ether oxygens (including phenoxy) is 3. The van der Waals surface area contributed by atoms with Crippen molar-refractivity contribution in [1.82, 2.24) is 4.98 Å². The number of carbonyl (C=O) groups excluding carboxylic acids is 2. The predicted octanol–water partition coefficient (Wildman–Crippen LogP) is 2.61. The molecule has 0 radical (unpaired) electrons. The van der Waals surface area contributed by atoms with Crippen molar-refractivity contribution in [1.29, 1.82) is 0 Å². The van der Waals surface area contributed by atoms with Crippen LogP contribution < -0.4 is 10.1 Å². The van der Waals surface area contributed by atoms with E-state index in [2.05, 4.69) is 10.3 Å². The maximum atomic E-state index is 11.9. The van der Waals surface area contributed by atoms with E-state index < -0.39 is 17.7 Å². The number of hydrogen-bond donors (Lipinski definition) is 1. The molecule has 0 spiro atoms. The Labute approximate surface area is 123 Å². The molecule has 0 saturated heterocycles. The average molecular weight is 296 g/mol. The van der Waals surface area contributed by atoms with Crippen LogP contribution in [0.3, 0.4) is 0 Å². The van der Waals surface area contributed by atoms with Crippen molar-refractivity contribution in [2.24, 2.45) is 0 Å². The van der Waals surface area contributed by atoms with Crippen LogP contribution in [0.2, 0.25) is 0 Å². The molecule has 0 atom stereocenters. The molecule has 7 heteroatoms. The van der Waals surface area contributed by atoms with Crippen LogP contribution in [0.5, 0.6) is 5.88 Å². The van der Waals surface area contributed by atoms with Gasteiger partial charge >= 0.3 is 12.1 Å². The molecule has 0 aromatic carbocycles. The molecular formula is C14H20N2O5. The van der Waals surface area contributed by atoms with Crippen LogP contribution >= 0.6 is 0 Å². The molecule has 0 aliphatic carbocycles. The van der Waals surface area contributed by atoms with Crippen LogP contribution in [0.15, 0.2) is 12.1 Å². The summed E-state index contributed by atoms with van der Waals surface area (Å²) in [7, 11) is 1.43. The number of nitrogens with one attached hydrogen (secondary N) is 1. The van der Waals surface area contributed by atoms with Crippen molar-refractivity contribution in [2.45, 2.75) is 33.3 Å². The average Bonchev–Trinajstić information content (AvgIpc) is 2.37. The topological polar surface area (TPSA) is 86.8 Å². The van der Waals surface area contributed by atoms with Crippen molar-refractivity contribution >= 4 is 17.7 Å². The lowest BCUT2D eigenvalue weighted by molar-refractivity contribution is 0.0520. The first-order chi connectivity index (χ1) is 9.76. The summed E-state index contributed by atoms with van der Waals surface area (Å²) in [6.45, 7) is 7.10. The van der Waals surface area contributed by atoms with Gasteiger partial charge in [0, 0.05) is 6.07 Å². The van der Waals surface area contributed by atoms with E-state index in [1.165, 1.54) is 19.2 Å². The Balaban J connectivity index is 3.00. The fourth-order valence-electron chi connectivity index (χ4n) is 1.42. The van der Waals surface area contributed by atoms with Gasteiger partial charge in [0.1, 0.15) is 5.60 Å². The number of amides is 1. The summed E-state index contributed by atoms with van der Waals surface area (Å²) >= 11 is 0. The molecule has 1 aromatic heterocycles. The molecule has 1 N–H and O–H groups in total. The van der Waals surface area contributed by atoms with Gasteiger partial charge in [-0.3, -0.25) is 5.32 Å². The summed E-state index contributed by atoms with van der Waals surface area (Å²) in [6, 6.07) is 3.03. The Kier molecular flexibility index (Phi) is 5.52. The van der Waals surface area contributed by atoms with E-state index in [-0.39, 0.29) is 23.9 Å². The number of carbonyl (C=O) groups is 2. The van der Waals surface area contributed by atoms with E-state index >= 15 is 0 Å². The zero-order valence-corrected chi connectivity index (χ0v) is 12.9. The number of aromatic nitrogens is 1. The van der Waals surface area contributed by atoms with E-state index in [0.29, 0.717) is 0 Å². The second-order valence-corrected chi connectivity index (χ2v) is 5.10. The molecule has 0 fully saturated rings. The maximum Gasteiger partial charge on any atom is 0.412 e. The summed E-state index contributed by atoms with van der Waals surface area (Å²) in [5, 5.41) is 2.48. The number of rotatable bonds is 4. The molecule has 0 aliphatic heterocycles. The van der Waals surface area contributed by atoms with Crippen LogP contribution in [0.25, 0.3) is 0 Å². The molecule has 1 rings (SSSR count). The minimum absolute atomic E-state index is 0.0398. The van der Waals surface area contributed by atoms with Crippen molar-refractivity contribution in [3.8, 4) is 5.88 Å². The standard InChI is InChI=1S/C14H20N2O5/c1-6-20-12(17)11-9(7-8-10(16-11)19-5)15-13(18)21-14(2,3)4/h7-8H,6H2,1-5H3,(H,15,18). The third-order valence-electron chi connectivity index (χ3n) is 2.18. The van der Waals surface area contributed by atoms with Gasteiger partial charge < -0.3 is 14.2 Å². The van der Waals surface area contributed by atoms with Gasteiger partial charge in [0.25, 0.3) is 0 Å². The Bertz CT molecular complexity index is 523. The third kappa shape index (κ3) is 5.29. The minimum Gasteiger partial charge on any atom is -0.481 e. The Morgan fingerprint density at radius 1 is 1.29 bits per heavy atom. The van der Waals surface area contributed by atoms with Crippen LogP contribution in [0.1, 0.15) is 38.2 Å². The zero-order valence-electron chi connectivity index (χ0n) is 12.9. The molecule has 1 aromatic rings. The second kappa shape index (κ2) is 6.92. The first-order valence-corrected chi connectivity index (χ1v) is 6.49. The number of anilines is 1. The Morgan fingerprint density at radius 2 is 1.95 bits per heavy atom. The van der Waals surface area contributed by atoms with Gasteiger partial charge in [0.2, 0.25) is 5.88 Å². The summed E-state index contributed by atoms with van der Waals surface area (Å²) in [6.07, 6.45) is -0.681. The van der Waals surface area contributed by atoms with Crippen LogP contribution in [0, 0.1) is 0 Å². The molecular weight excluding hydrogens is 276 g/mol. The molecule has 0 bridgehead atoms. The maximum absolute atomic E-state index is 11.9. The monoisotopic (exact) mass is 296 g/mol. The quantitative estimate of drug-likeness (QED) is 0.859. The fraction of sp³-hybridized carbons (Fsp3) is 0.500. The lowest BCUT2D eigenvalue weighted by Crippen LogP contribution is -2.28. The van der Waals surface area contributed by atoms with Gasteiger partial charge in [-0.15, -0.1) is 0 Å². The Hall–Kier alpha value is -2.31. The SMILES string of the molecule is CCOC(=O)c1nc(OC)ccc1NC(=O)OC(C)(C)C. The minimum atomic E-state index is -0.681. The van der Waals surface area contributed by atoms with Gasteiger partial charge in [-0.2, -0.15) is 0 Å². The number of esters is 1. The van der Waals surface area contributed by atoms with E-state index in [1.54, 1.807) is 27.7 Å². The number of pyridine rings is 1. The zero-order chi connectivity index (χ0) is 16.0. The Morgan fingerprint density at radius 3 is 2.48 bits per heavy atom. The van der Waals surface area contributed by atoms with Gasteiger partial charge in [0.05, 0.1) is 19.4 Å². The summed E-state index contributed by atoms with van der Waals surface area (Å²) in [5.41, 5.74) is -0.487. The van der Waals surface area contributed by atoms with Crippen molar-refractivity contribution < 1.29 is 23.8 Å². The van der Waals surface area contributed by atoms with E-state index in [1.807, 2.05) is 0 Å². The highest BCUT2D eigenvalue weighted by Crippen LogP contribution is 2.20. The van der Waals surface area contributed by atoms with Crippen LogP contribution in [-0.4, -0.2) is 36.4 Å². The summed E-state index contributed by atoms with van der Waals surface area (Å²) in [4.78, 5) is 27.6. The lowest BCUT2D eigenvalue weighted by atomic mass is 10.2.